The quantitative estimate of drug-likeness (QED) is 0.220. The number of rotatable bonds is 10. The Morgan fingerprint density at radius 1 is 0.951 bits per heavy atom. The maximum absolute atomic E-state index is 13.8. The van der Waals surface area contributed by atoms with Gasteiger partial charge < -0.3 is 24.8 Å². The molecule has 5 rings (SSSR count). The van der Waals surface area contributed by atoms with E-state index in [4.69, 9.17) is 37.4 Å². The molecule has 0 bridgehead atoms. The molecule has 2 heterocycles. The summed E-state index contributed by atoms with van der Waals surface area (Å²) in [5.74, 6) is 1.63. The van der Waals surface area contributed by atoms with E-state index >= 15 is 0 Å². The van der Waals surface area contributed by atoms with Crippen molar-refractivity contribution >= 4 is 40.7 Å². The molecule has 0 saturated carbocycles. The van der Waals surface area contributed by atoms with E-state index < -0.39 is 6.04 Å². The molecule has 4 aromatic rings. The van der Waals surface area contributed by atoms with Crippen LogP contribution in [-0.4, -0.2) is 39.3 Å². The molecule has 2 N–H and O–H groups in total. The number of nitrogens with one attached hydrogen (secondary N) is 2. The molecule has 0 radical (unpaired) electrons. The van der Waals surface area contributed by atoms with Gasteiger partial charge in [0.25, 0.3) is 5.91 Å². The zero-order valence-electron chi connectivity index (χ0n) is 22.6. The maximum atomic E-state index is 13.8. The van der Waals surface area contributed by atoms with Gasteiger partial charge in [0.05, 0.1) is 24.5 Å². The number of nitrogens with zero attached hydrogens (tertiary/aromatic N) is 4. The summed E-state index contributed by atoms with van der Waals surface area (Å²) in [5.41, 5.74) is 2.97. The van der Waals surface area contributed by atoms with Gasteiger partial charge >= 0.3 is 0 Å². The van der Waals surface area contributed by atoms with Gasteiger partial charge in [-0.25, -0.2) is 0 Å². The highest BCUT2D eigenvalue weighted by Crippen LogP contribution is 2.40. The second-order valence-electron chi connectivity index (χ2n) is 9.02. The number of benzene rings is 3. The molecule has 0 spiro atoms. The average molecular weight is 595 g/mol. The van der Waals surface area contributed by atoms with Gasteiger partial charge in [0.15, 0.2) is 11.5 Å². The Balaban J connectivity index is 1.50. The molecule has 1 aliphatic heterocycles. The SMILES string of the molecule is CCOc1ccccc1NC(=O)C1=C(C)Nc2nnnn2C1c1ccc(OCc2c(Cl)cccc2Cl)c(OCC)c1. The normalized spacial score (nSPS) is 14.2. The molecule has 12 heteroatoms. The molecule has 1 unspecified atom stereocenters. The first-order valence-electron chi connectivity index (χ1n) is 13.0. The molecule has 1 atom stereocenters. The third-order valence-electron chi connectivity index (χ3n) is 6.41. The van der Waals surface area contributed by atoms with Crippen LogP contribution in [0.15, 0.2) is 71.9 Å². The van der Waals surface area contributed by atoms with Crippen LogP contribution in [0, 0.1) is 0 Å². The third kappa shape index (κ3) is 5.94. The van der Waals surface area contributed by atoms with E-state index in [2.05, 4.69) is 26.2 Å². The van der Waals surface area contributed by atoms with Crippen LogP contribution in [0.2, 0.25) is 10.0 Å². The monoisotopic (exact) mass is 594 g/mol. The van der Waals surface area contributed by atoms with E-state index in [1.165, 1.54) is 0 Å². The summed E-state index contributed by atoms with van der Waals surface area (Å²) in [4.78, 5) is 13.8. The Bertz CT molecular complexity index is 1590. The fourth-order valence-corrected chi connectivity index (χ4v) is 5.06. The van der Waals surface area contributed by atoms with Crippen LogP contribution >= 0.6 is 23.2 Å². The molecular formula is C29H28Cl2N6O4. The predicted octanol–water partition coefficient (Wildman–Crippen LogP) is 6.28. The predicted molar refractivity (Wildman–Crippen MR) is 157 cm³/mol. The molecule has 1 amide bonds. The highest BCUT2D eigenvalue weighted by atomic mass is 35.5. The minimum Gasteiger partial charge on any atom is -0.492 e. The van der Waals surface area contributed by atoms with Crippen LogP contribution in [0.5, 0.6) is 17.2 Å². The van der Waals surface area contributed by atoms with Crippen molar-refractivity contribution in [3.05, 3.63) is 93.1 Å². The zero-order chi connectivity index (χ0) is 28.9. The van der Waals surface area contributed by atoms with Crippen LogP contribution in [0.1, 0.15) is 37.9 Å². The molecule has 41 heavy (non-hydrogen) atoms. The lowest BCUT2D eigenvalue weighted by molar-refractivity contribution is -0.113. The Hall–Kier alpha value is -4.28. The van der Waals surface area contributed by atoms with Crippen LogP contribution in [0.4, 0.5) is 11.6 Å². The second-order valence-corrected chi connectivity index (χ2v) is 9.84. The molecule has 1 aromatic heterocycles. The number of ether oxygens (including phenoxy) is 3. The summed E-state index contributed by atoms with van der Waals surface area (Å²) in [6.45, 7) is 6.58. The van der Waals surface area contributed by atoms with Crippen molar-refractivity contribution < 1.29 is 19.0 Å². The summed E-state index contributed by atoms with van der Waals surface area (Å²) in [6, 6.07) is 17.4. The first kappa shape index (κ1) is 28.3. The van der Waals surface area contributed by atoms with Crippen molar-refractivity contribution in [2.75, 3.05) is 23.8 Å². The summed E-state index contributed by atoms with van der Waals surface area (Å²) >= 11 is 12.7. The first-order chi connectivity index (χ1) is 19.9. The third-order valence-corrected chi connectivity index (χ3v) is 7.12. The topological polar surface area (TPSA) is 112 Å². The molecule has 0 saturated heterocycles. The van der Waals surface area contributed by atoms with Crippen LogP contribution in [0.25, 0.3) is 0 Å². The average Bonchev–Trinajstić information content (AvgIpc) is 3.42. The van der Waals surface area contributed by atoms with E-state index in [-0.39, 0.29) is 12.5 Å². The van der Waals surface area contributed by atoms with Gasteiger partial charge in [-0.3, -0.25) is 4.79 Å². The van der Waals surface area contributed by atoms with Crippen LogP contribution < -0.4 is 24.8 Å². The van der Waals surface area contributed by atoms with Crippen molar-refractivity contribution in [1.29, 1.82) is 0 Å². The number of carbonyl (C=O) groups is 1. The molecule has 212 valence electrons. The molecule has 10 nitrogen and oxygen atoms in total. The number of halogens is 2. The van der Waals surface area contributed by atoms with Gasteiger partial charge in [-0.2, -0.15) is 4.68 Å². The van der Waals surface area contributed by atoms with Crippen LogP contribution in [0.3, 0.4) is 0 Å². The van der Waals surface area contributed by atoms with Crippen molar-refractivity contribution in [3.8, 4) is 17.2 Å². The Labute approximate surface area is 247 Å². The van der Waals surface area contributed by atoms with E-state index in [9.17, 15) is 4.79 Å². The van der Waals surface area contributed by atoms with Gasteiger partial charge in [0, 0.05) is 21.3 Å². The highest BCUT2D eigenvalue weighted by molar-refractivity contribution is 6.35. The number of carbonyl (C=O) groups excluding carboxylic acids is 1. The van der Waals surface area contributed by atoms with Crippen LogP contribution in [-0.2, 0) is 11.4 Å². The summed E-state index contributed by atoms with van der Waals surface area (Å²) < 4.78 is 19.3. The maximum Gasteiger partial charge on any atom is 0.255 e. The number of para-hydroxylation sites is 2. The van der Waals surface area contributed by atoms with E-state index in [1.807, 2.05) is 45.0 Å². The number of anilines is 2. The fourth-order valence-electron chi connectivity index (χ4n) is 4.56. The Kier molecular flexibility index (Phi) is 8.61. The second kappa shape index (κ2) is 12.5. The number of hydrogen-bond donors (Lipinski definition) is 2. The minimum atomic E-state index is -0.660. The number of allylic oxidation sites excluding steroid dienone is 1. The lowest BCUT2D eigenvalue weighted by Crippen LogP contribution is -2.31. The Morgan fingerprint density at radius 3 is 2.44 bits per heavy atom. The molecule has 1 aliphatic rings. The number of amides is 1. The summed E-state index contributed by atoms with van der Waals surface area (Å²) in [6.07, 6.45) is 0. The smallest absolute Gasteiger partial charge is 0.255 e. The van der Waals surface area contributed by atoms with Gasteiger partial charge in [-0.15, -0.1) is 0 Å². The standard InChI is InChI=1S/C29H28Cl2N6O4/c1-4-39-23-12-7-6-11-22(23)33-28(38)26-17(3)32-29-34-35-36-37(29)27(26)18-13-14-24(25(15-18)40-5-2)41-16-19-20(30)9-8-10-21(19)31/h6-15,27H,4-5,16H2,1-3H3,(H,33,38)(H,32,34,36). The minimum absolute atomic E-state index is 0.147. The van der Waals surface area contributed by atoms with E-state index in [1.54, 1.807) is 41.1 Å². The summed E-state index contributed by atoms with van der Waals surface area (Å²) in [7, 11) is 0. The first-order valence-corrected chi connectivity index (χ1v) is 13.8. The van der Waals surface area contributed by atoms with Crippen molar-refractivity contribution in [2.45, 2.75) is 33.4 Å². The van der Waals surface area contributed by atoms with Gasteiger partial charge in [0.1, 0.15) is 18.4 Å². The van der Waals surface area contributed by atoms with Crippen molar-refractivity contribution in [2.24, 2.45) is 0 Å². The number of fused-ring (bicyclic) bond motifs is 1. The fraction of sp³-hybridized carbons (Fsp3) is 0.241. The van der Waals surface area contributed by atoms with Gasteiger partial charge in [-0.1, -0.05) is 52.6 Å². The lowest BCUT2D eigenvalue weighted by Gasteiger charge is -2.28. The van der Waals surface area contributed by atoms with E-state index in [0.29, 0.717) is 74.5 Å². The van der Waals surface area contributed by atoms with E-state index in [0.717, 1.165) is 0 Å². The lowest BCUT2D eigenvalue weighted by atomic mass is 9.94. The van der Waals surface area contributed by atoms with Crippen molar-refractivity contribution in [1.82, 2.24) is 20.2 Å². The molecule has 3 aromatic carbocycles. The zero-order valence-corrected chi connectivity index (χ0v) is 24.2. The van der Waals surface area contributed by atoms with Gasteiger partial charge in [0.2, 0.25) is 5.95 Å². The largest absolute Gasteiger partial charge is 0.492 e. The Morgan fingerprint density at radius 2 is 1.68 bits per heavy atom. The highest BCUT2D eigenvalue weighted by Gasteiger charge is 2.35. The number of aromatic nitrogens is 4. The number of hydrogen-bond acceptors (Lipinski definition) is 8. The van der Waals surface area contributed by atoms with Gasteiger partial charge in [-0.05, 0) is 73.2 Å². The molecule has 0 fully saturated rings. The number of tetrazole rings is 1. The molecular weight excluding hydrogens is 567 g/mol. The molecule has 0 aliphatic carbocycles. The summed E-state index contributed by atoms with van der Waals surface area (Å²) in [5, 5.41) is 19.2. The van der Waals surface area contributed by atoms with Crippen molar-refractivity contribution in [3.63, 3.8) is 0 Å².